The van der Waals surface area contributed by atoms with Crippen LogP contribution in [0, 0.1) is 10.1 Å². The van der Waals surface area contributed by atoms with Gasteiger partial charge in [0.15, 0.2) is 0 Å². The SMILES string of the molecule is C/C=C(C)/C=C(\C(C)=NC)[N+](=O)[O-]. The molecule has 0 saturated carbocycles. The molecule has 0 aromatic rings. The maximum atomic E-state index is 10.6. The van der Waals surface area contributed by atoms with Crippen molar-refractivity contribution < 1.29 is 4.92 Å². The lowest BCUT2D eigenvalue weighted by Crippen LogP contribution is -2.08. The van der Waals surface area contributed by atoms with E-state index in [1.54, 1.807) is 6.92 Å². The molecule has 0 radical (unpaired) electrons. The topological polar surface area (TPSA) is 55.5 Å². The largest absolute Gasteiger partial charge is 0.290 e. The third kappa shape index (κ3) is 3.64. The van der Waals surface area contributed by atoms with Crippen molar-refractivity contribution in [2.75, 3.05) is 7.05 Å². The Hall–Kier alpha value is -1.45. The lowest BCUT2D eigenvalue weighted by Gasteiger charge is -1.96. The van der Waals surface area contributed by atoms with Gasteiger partial charge in [-0.25, -0.2) is 0 Å². The lowest BCUT2D eigenvalue weighted by molar-refractivity contribution is -0.415. The van der Waals surface area contributed by atoms with Gasteiger partial charge in [-0.1, -0.05) is 6.08 Å². The lowest BCUT2D eigenvalue weighted by atomic mass is 10.2. The molecule has 4 nitrogen and oxygen atoms in total. The Morgan fingerprint density at radius 3 is 2.31 bits per heavy atom. The van der Waals surface area contributed by atoms with E-state index in [-0.39, 0.29) is 5.70 Å². The fraction of sp³-hybridized carbons (Fsp3) is 0.444. The summed E-state index contributed by atoms with van der Waals surface area (Å²) in [5.74, 6) is 0. The number of rotatable bonds is 3. The van der Waals surface area contributed by atoms with Crippen LogP contribution in [0.15, 0.2) is 28.4 Å². The quantitative estimate of drug-likeness (QED) is 0.291. The molecule has 0 rings (SSSR count). The van der Waals surface area contributed by atoms with Gasteiger partial charge in [-0.2, -0.15) is 0 Å². The predicted octanol–water partition coefficient (Wildman–Crippen LogP) is 2.20. The van der Waals surface area contributed by atoms with Crippen LogP contribution in [0.25, 0.3) is 0 Å². The van der Waals surface area contributed by atoms with Crippen LogP contribution in [0.1, 0.15) is 20.8 Å². The van der Waals surface area contributed by atoms with Crippen LogP contribution in [0.4, 0.5) is 0 Å². The summed E-state index contributed by atoms with van der Waals surface area (Å²) in [6.45, 7) is 5.27. The van der Waals surface area contributed by atoms with Gasteiger partial charge in [-0.3, -0.25) is 15.1 Å². The van der Waals surface area contributed by atoms with Crippen LogP contribution >= 0.6 is 0 Å². The van der Waals surface area contributed by atoms with Crippen molar-refractivity contribution in [3.63, 3.8) is 0 Å². The number of nitrogens with zero attached hydrogens (tertiary/aromatic N) is 2. The van der Waals surface area contributed by atoms with E-state index in [0.717, 1.165) is 5.57 Å². The van der Waals surface area contributed by atoms with Gasteiger partial charge < -0.3 is 0 Å². The zero-order valence-corrected chi connectivity index (χ0v) is 8.37. The van der Waals surface area contributed by atoms with Crippen molar-refractivity contribution in [3.8, 4) is 0 Å². The van der Waals surface area contributed by atoms with E-state index < -0.39 is 4.92 Å². The number of aliphatic imine (C=N–C) groups is 1. The zero-order valence-electron chi connectivity index (χ0n) is 8.37. The highest BCUT2D eigenvalue weighted by Gasteiger charge is 2.13. The van der Waals surface area contributed by atoms with Gasteiger partial charge in [-0.05, 0) is 26.3 Å². The van der Waals surface area contributed by atoms with Crippen molar-refractivity contribution in [3.05, 3.63) is 33.5 Å². The Morgan fingerprint density at radius 1 is 1.46 bits per heavy atom. The average Bonchev–Trinajstić information content (AvgIpc) is 2.11. The summed E-state index contributed by atoms with van der Waals surface area (Å²) in [6, 6.07) is 0. The first-order valence-electron chi connectivity index (χ1n) is 3.95. The van der Waals surface area contributed by atoms with Crippen molar-refractivity contribution in [2.24, 2.45) is 4.99 Å². The minimum absolute atomic E-state index is 0.0538. The van der Waals surface area contributed by atoms with Gasteiger partial charge in [0.05, 0.1) is 4.92 Å². The minimum Gasteiger partial charge on any atom is -0.286 e. The minimum atomic E-state index is -0.421. The standard InChI is InChI=1S/C9H14N2O2/c1-5-7(2)6-9(11(12)13)8(3)10-4/h5-6H,1-4H3/b7-5+,9-6+,10-8?. The average molecular weight is 182 g/mol. The Morgan fingerprint density at radius 2 is 2.00 bits per heavy atom. The van der Waals surface area contributed by atoms with E-state index in [1.807, 2.05) is 19.9 Å². The first kappa shape index (κ1) is 11.6. The van der Waals surface area contributed by atoms with Crippen molar-refractivity contribution in [1.82, 2.24) is 0 Å². The molecule has 0 aromatic carbocycles. The molecule has 0 bridgehead atoms. The highest BCUT2D eigenvalue weighted by Crippen LogP contribution is 2.05. The third-order valence-electron chi connectivity index (χ3n) is 1.72. The van der Waals surface area contributed by atoms with E-state index in [0.29, 0.717) is 5.71 Å². The van der Waals surface area contributed by atoms with Gasteiger partial charge in [-0.15, -0.1) is 0 Å². The molecule has 0 saturated heterocycles. The van der Waals surface area contributed by atoms with Gasteiger partial charge >= 0.3 is 0 Å². The Labute approximate surface area is 77.8 Å². The summed E-state index contributed by atoms with van der Waals surface area (Å²) in [5.41, 5.74) is 1.35. The summed E-state index contributed by atoms with van der Waals surface area (Å²) in [5, 5.41) is 10.6. The van der Waals surface area contributed by atoms with Crippen LogP contribution in [0.2, 0.25) is 0 Å². The first-order valence-corrected chi connectivity index (χ1v) is 3.95. The molecule has 0 aromatic heterocycles. The molecule has 0 atom stereocenters. The molecule has 0 aliphatic rings. The number of hydrogen-bond acceptors (Lipinski definition) is 3. The monoisotopic (exact) mass is 182 g/mol. The van der Waals surface area contributed by atoms with Crippen molar-refractivity contribution in [1.29, 1.82) is 0 Å². The van der Waals surface area contributed by atoms with Crippen LogP contribution in [-0.4, -0.2) is 17.7 Å². The third-order valence-corrected chi connectivity index (χ3v) is 1.72. The molecule has 72 valence electrons. The second kappa shape index (κ2) is 5.24. The summed E-state index contributed by atoms with van der Waals surface area (Å²) < 4.78 is 0. The van der Waals surface area contributed by atoms with E-state index >= 15 is 0 Å². The van der Waals surface area contributed by atoms with Crippen molar-refractivity contribution in [2.45, 2.75) is 20.8 Å². The van der Waals surface area contributed by atoms with Crippen LogP contribution < -0.4 is 0 Å². The molecule has 0 spiro atoms. The fourth-order valence-electron chi connectivity index (χ4n) is 0.703. The Bertz CT molecular complexity index is 288. The first-order chi connectivity index (χ1) is 6.02. The molecule has 0 unspecified atom stereocenters. The maximum Gasteiger partial charge on any atom is 0.290 e. The number of nitro groups is 1. The molecule has 13 heavy (non-hydrogen) atoms. The molecule has 0 heterocycles. The molecule has 0 aliphatic heterocycles. The van der Waals surface area contributed by atoms with E-state index in [4.69, 9.17) is 0 Å². The summed E-state index contributed by atoms with van der Waals surface area (Å²) in [6.07, 6.45) is 3.33. The molecule has 0 amide bonds. The summed E-state index contributed by atoms with van der Waals surface area (Å²) in [7, 11) is 1.54. The highest BCUT2D eigenvalue weighted by atomic mass is 16.6. The molecule has 0 N–H and O–H groups in total. The number of hydrogen-bond donors (Lipinski definition) is 0. The Kier molecular flexibility index (Phi) is 4.66. The maximum absolute atomic E-state index is 10.6. The van der Waals surface area contributed by atoms with Gasteiger partial charge in [0.2, 0.25) is 0 Å². The van der Waals surface area contributed by atoms with Gasteiger partial charge in [0, 0.05) is 13.1 Å². The molecule has 0 aliphatic carbocycles. The second-order valence-corrected chi connectivity index (χ2v) is 2.63. The van der Waals surface area contributed by atoms with Gasteiger partial charge in [0.1, 0.15) is 5.71 Å². The van der Waals surface area contributed by atoms with E-state index in [1.165, 1.54) is 13.1 Å². The summed E-state index contributed by atoms with van der Waals surface area (Å²) in [4.78, 5) is 13.9. The van der Waals surface area contributed by atoms with Crippen LogP contribution in [-0.2, 0) is 0 Å². The smallest absolute Gasteiger partial charge is 0.286 e. The molecular formula is C9H14N2O2. The normalized spacial score (nSPS) is 14.6. The molecule has 4 heteroatoms. The molecular weight excluding hydrogens is 168 g/mol. The fourth-order valence-corrected chi connectivity index (χ4v) is 0.703. The second-order valence-electron chi connectivity index (χ2n) is 2.63. The van der Waals surface area contributed by atoms with Gasteiger partial charge in [0.25, 0.3) is 5.70 Å². The zero-order chi connectivity index (χ0) is 10.4. The van der Waals surface area contributed by atoms with Crippen LogP contribution in [0.3, 0.4) is 0 Å². The molecule has 0 fully saturated rings. The van der Waals surface area contributed by atoms with Crippen molar-refractivity contribution >= 4 is 5.71 Å². The highest BCUT2D eigenvalue weighted by molar-refractivity contribution is 5.96. The van der Waals surface area contributed by atoms with Crippen LogP contribution in [0.5, 0.6) is 0 Å². The predicted molar refractivity (Wildman–Crippen MR) is 53.5 cm³/mol. The Balaban J connectivity index is 5.04. The summed E-state index contributed by atoms with van der Waals surface area (Å²) >= 11 is 0. The van der Waals surface area contributed by atoms with E-state index in [9.17, 15) is 10.1 Å². The van der Waals surface area contributed by atoms with E-state index in [2.05, 4.69) is 4.99 Å². The number of allylic oxidation sites excluding steroid dienone is 4.